The van der Waals surface area contributed by atoms with Crippen molar-refractivity contribution in [1.29, 1.82) is 0 Å². The molecular weight excluding hydrogens is 344 g/mol. The summed E-state index contributed by atoms with van der Waals surface area (Å²) in [7, 11) is 3.06. The SMILES string of the molecule is COc1ccc(C(=O)OCc2ccc(-n3nc(C)cc3C)cc2)c(OC)c1. The summed E-state index contributed by atoms with van der Waals surface area (Å²) in [4.78, 5) is 12.4. The third-order valence-electron chi connectivity index (χ3n) is 4.19. The maximum Gasteiger partial charge on any atom is 0.342 e. The Hall–Kier alpha value is -3.28. The summed E-state index contributed by atoms with van der Waals surface area (Å²) in [6.45, 7) is 4.15. The molecule has 3 rings (SSSR count). The Morgan fingerprint density at radius 3 is 2.33 bits per heavy atom. The minimum absolute atomic E-state index is 0.172. The molecule has 1 aromatic heterocycles. The number of rotatable bonds is 6. The number of esters is 1. The Balaban J connectivity index is 1.68. The van der Waals surface area contributed by atoms with Crippen LogP contribution in [0.3, 0.4) is 0 Å². The average molecular weight is 366 g/mol. The standard InChI is InChI=1S/C21H22N2O4/c1-14-11-15(2)23(22-14)17-7-5-16(6-8-17)13-27-21(24)19-10-9-18(25-3)12-20(19)26-4/h5-12H,13H2,1-4H3. The number of aryl methyl sites for hydroxylation is 2. The van der Waals surface area contributed by atoms with Crippen LogP contribution in [0.25, 0.3) is 5.69 Å². The van der Waals surface area contributed by atoms with Crippen LogP contribution < -0.4 is 9.47 Å². The van der Waals surface area contributed by atoms with Crippen molar-refractivity contribution in [2.24, 2.45) is 0 Å². The van der Waals surface area contributed by atoms with Crippen molar-refractivity contribution in [3.63, 3.8) is 0 Å². The quantitative estimate of drug-likeness (QED) is 0.620. The van der Waals surface area contributed by atoms with E-state index >= 15 is 0 Å². The van der Waals surface area contributed by atoms with E-state index in [2.05, 4.69) is 5.10 Å². The van der Waals surface area contributed by atoms with Gasteiger partial charge in [0.25, 0.3) is 0 Å². The van der Waals surface area contributed by atoms with Gasteiger partial charge in [0.05, 0.1) is 25.6 Å². The fourth-order valence-corrected chi connectivity index (χ4v) is 2.82. The van der Waals surface area contributed by atoms with E-state index in [1.54, 1.807) is 25.3 Å². The van der Waals surface area contributed by atoms with Gasteiger partial charge in [-0.2, -0.15) is 5.10 Å². The second-order valence-electron chi connectivity index (χ2n) is 6.15. The molecule has 6 heteroatoms. The van der Waals surface area contributed by atoms with Crippen LogP contribution >= 0.6 is 0 Å². The molecular formula is C21H22N2O4. The lowest BCUT2D eigenvalue weighted by molar-refractivity contribution is 0.0469. The van der Waals surface area contributed by atoms with Gasteiger partial charge in [0.1, 0.15) is 23.7 Å². The predicted octanol–water partition coefficient (Wildman–Crippen LogP) is 3.86. The number of ether oxygens (including phenoxy) is 3. The largest absolute Gasteiger partial charge is 0.497 e. The van der Waals surface area contributed by atoms with Crippen molar-refractivity contribution in [2.45, 2.75) is 20.5 Å². The lowest BCUT2D eigenvalue weighted by Gasteiger charge is -2.11. The van der Waals surface area contributed by atoms with Crippen molar-refractivity contribution >= 4 is 5.97 Å². The number of benzene rings is 2. The third-order valence-corrected chi connectivity index (χ3v) is 4.19. The van der Waals surface area contributed by atoms with E-state index in [-0.39, 0.29) is 6.61 Å². The summed E-state index contributed by atoms with van der Waals surface area (Å²) in [6.07, 6.45) is 0. The molecule has 0 aliphatic heterocycles. The van der Waals surface area contributed by atoms with Crippen LogP contribution in [0.15, 0.2) is 48.5 Å². The lowest BCUT2D eigenvalue weighted by atomic mass is 10.2. The normalized spacial score (nSPS) is 10.5. The molecule has 0 atom stereocenters. The molecule has 3 aromatic rings. The molecule has 0 amide bonds. The summed E-state index contributed by atoms with van der Waals surface area (Å²) in [5.74, 6) is 0.583. The van der Waals surface area contributed by atoms with Gasteiger partial charge in [-0.25, -0.2) is 9.48 Å². The van der Waals surface area contributed by atoms with Crippen LogP contribution in [0.5, 0.6) is 11.5 Å². The molecule has 0 N–H and O–H groups in total. The fourth-order valence-electron chi connectivity index (χ4n) is 2.82. The van der Waals surface area contributed by atoms with Crippen LogP contribution in [0.2, 0.25) is 0 Å². The Bertz CT molecular complexity index is 945. The predicted molar refractivity (Wildman–Crippen MR) is 102 cm³/mol. The molecule has 27 heavy (non-hydrogen) atoms. The van der Waals surface area contributed by atoms with Crippen LogP contribution in [0.1, 0.15) is 27.3 Å². The van der Waals surface area contributed by atoms with Crippen LogP contribution in [0.4, 0.5) is 0 Å². The molecule has 0 aliphatic carbocycles. The van der Waals surface area contributed by atoms with E-state index in [0.717, 1.165) is 22.6 Å². The van der Waals surface area contributed by atoms with Gasteiger partial charge in [0, 0.05) is 11.8 Å². The zero-order valence-electron chi connectivity index (χ0n) is 15.9. The lowest BCUT2D eigenvalue weighted by Crippen LogP contribution is -2.07. The molecule has 0 radical (unpaired) electrons. The van der Waals surface area contributed by atoms with Crippen molar-refractivity contribution in [1.82, 2.24) is 9.78 Å². The van der Waals surface area contributed by atoms with E-state index in [4.69, 9.17) is 14.2 Å². The molecule has 0 unspecified atom stereocenters. The number of carbonyl (C=O) groups is 1. The second kappa shape index (κ2) is 7.95. The second-order valence-corrected chi connectivity index (χ2v) is 6.15. The van der Waals surface area contributed by atoms with Crippen molar-refractivity contribution in [3.05, 3.63) is 71.0 Å². The van der Waals surface area contributed by atoms with Crippen LogP contribution in [-0.2, 0) is 11.3 Å². The van der Waals surface area contributed by atoms with Gasteiger partial charge in [0.2, 0.25) is 0 Å². The maximum absolute atomic E-state index is 12.4. The molecule has 0 bridgehead atoms. The smallest absolute Gasteiger partial charge is 0.342 e. The third kappa shape index (κ3) is 4.11. The first-order valence-electron chi connectivity index (χ1n) is 8.53. The number of carbonyl (C=O) groups excluding carboxylic acids is 1. The van der Waals surface area contributed by atoms with E-state index in [1.807, 2.05) is 48.9 Å². The number of nitrogens with zero attached hydrogens (tertiary/aromatic N) is 2. The van der Waals surface area contributed by atoms with Crippen molar-refractivity contribution in [3.8, 4) is 17.2 Å². The number of hydrogen-bond acceptors (Lipinski definition) is 5. The molecule has 0 spiro atoms. The van der Waals surface area contributed by atoms with E-state index in [9.17, 15) is 4.79 Å². The van der Waals surface area contributed by atoms with E-state index < -0.39 is 5.97 Å². The Labute approximate surface area is 158 Å². The Morgan fingerprint density at radius 1 is 1.00 bits per heavy atom. The van der Waals surface area contributed by atoms with Gasteiger partial charge < -0.3 is 14.2 Å². The first-order valence-corrected chi connectivity index (χ1v) is 8.53. The summed E-state index contributed by atoms with van der Waals surface area (Å²) >= 11 is 0. The average Bonchev–Trinajstić information content (AvgIpc) is 3.04. The Kier molecular flexibility index (Phi) is 5.45. The molecule has 140 valence electrons. The van der Waals surface area contributed by atoms with E-state index in [1.165, 1.54) is 7.11 Å². The number of methoxy groups -OCH3 is 2. The topological polar surface area (TPSA) is 62.6 Å². The summed E-state index contributed by atoms with van der Waals surface area (Å²) in [6, 6.07) is 14.8. The molecule has 0 saturated heterocycles. The van der Waals surface area contributed by atoms with Crippen molar-refractivity contribution < 1.29 is 19.0 Å². The van der Waals surface area contributed by atoms with Gasteiger partial charge in [-0.05, 0) is 49.7 Å². The molecule has 0 saturated carbocycles. The summed E-state index contributed by atoms with van der Waals surface area (Å²) in [5.41, 5.74) is 4.25. The van der Waals surface area contributed by atoms with Gasteiger partial charge in [0.15, 0.2) is 0 Å². The first-order chi connectivity index (χ1) is 13.0. The highest BCUT2D eigenvalue weighted by atomic mass is 16.5. The van der Waals surface area contributed by atoms with Crippen LogP contribution in [-0.4, -0.2) is 30.0 Å². The maximum atomic E-state index is 12.4. The molecule has 2 aromatic carbocycles. The van der Waals surface area contributed by atoms with E-state index in [0.29, 0.717) is 17.1 Å². The summed E-state index contributed by atoms with van der Waals surface area (Å²) < 4.78 is 17.7. The zero-order valence-corrected chi connectivity index (χ0v) is 15.9. The van der Waals surface area contributed by atoms with Crippen LogP contribution in [0, 0.1) is 13.8 Å². The molecule has 0 fully saturated rings. The Morgan fingerprint density at radius 2 is 1.74 bits per heavy atom. The first kappa shape index (κ1) is 18.5. The highest BCUT2D eigenvalue weighted by molar-refractivity contribution is 5.92. The molecule has 0 aliphatic rings. The summed E-state index contributed by atoms with van der Waals surface area (Å²) in [5, 5.41) is 4.46. The zero-order chi connectivity index (χ0) is 19.4. The minimum Gasteiger partial charge on any atom is -0.497 e. The fraction of sp³-hybridized carbons (Fsp3) is 0.238. The number of hydrogen-bond donors (Lipinski definition) is 0. The van der Waals surface area contributed by atoms with Crippen molar-refractivity contribution in [2.75, 3.05) is 14.2 Å². The number of aromatic nitrogens is 2. The van der Waals surface area contributed by atoms with Gasteiger partial charge in [-0.15, -0.1) is 0 Å². The minimum atomic E-state index is -0.447. The highest BCUT2D eigenvalue weighted by Crippen LogP contribution is 2.25. The molecule has 1 heterocycles. The van der Waals surface area contributed by atoms with Gasteiger partial charge in [-0.3, -0.25) is 0 Å². The molecule has 6 nitrogen and oxygen atoms in total. The van der Waals surface area contributed by atoms with Gasteiger partial charge in [-0.1, -0.05) is 12.1 Å². The highest BCUT2D eigenvalue weighted by Gasteiger charge is 2.15. The monoisotopic (exact) mass is 366 g/mol. The van der Waals surface area contributed by atoms with Gasteiger partial charge >= 0.3 is 5.97 Å².